The van der Waals surface area contributed by atoms with E-state index in [1.54, 1.807) is 0 Å². The number of carbonyl (C=O) groups excluding carboxylic acids is 2. The van der Waals surface area contributed by atoms with Gasteiger partial charge in [0.15, 0.2) is 0 Å². The summed E-state index contributed by atoms with van der Waals surface area (Å²) in [6, 6.07) is 9.72. The van der Waals surface area contributed by atoms with Gasteiger partial charge in [0.25, 0.3) is 0 Å². The van der Waals surface area contributed by atoms with Gasteiger partial charge in [-0.2, -0.15) is 0 Å². The number of nitrogens with one attached hydrogen (secondary N) is 2. The number of benzene rings is 1. The lowest BCUT2D eigenvalue weighted by atomic mass is 10.0. The first-order valence-electron chi connectivity index (χ1n) is 10.4. The van der Waals surface area contributed by atoms with E-state index in [4.69, 9.17) is 9.47 Å². The van der Waals surface area contributed by atoms with Crippen molar-refractivity contribution >= 4 is 12.1 Å². The van der Waals surface area contributed by atoms with Crippen molar-refractivity contribution in [3.8, 4) is 0 Å². The van der Waals surface area contributed by atoms with Crippen LogP contribution in [0, 0.1) is 11.8 Å². The summed E-state index contributed by atoms with van der Waals surface area (Å²) in [5, 5.41) is 6.25. The molecule has 0 spiro atoms. The first-order valence-corrected chi connectivity index (χ1v) is 10.4. The predicted molar refractivity (Wildman–Crippen MR) is 116 cm³/mol. The van der Waals surface area contributed by atoms with E-state index < -0.39 is 11.7 Å². The fraction of sp³-hybridized carbons (Fsp3) is 0.652. The lowest BCUT2D eigenvalue weighted by Crippen LogP contribution is -2.40. The average molecular weight is 407 g/mol. The molecule has 2 N–H and O–H groups in total. The topological polar surface area (TPSA) is 76.7 Å². The van der Waals surface area contributed by atoms with Gasteiger partial charge in [-0.25, -0.2) is 4.79 Å². The molecule has 0 saturated carbocycles. The van der Waals surface area contributed by atoms with Crippen LogP contribution in [-0.2, 0) is 20.9 Å². The standard InChI is InChI=1S/C23H38N2O4/c1-17(2)12-20(13-21(26)28-16-19-10-8-7-9-11-19)24-14-18(3)15-25-22(27)29-23(4,5)6/h7-11,17-18,20,24H,12-16H2,1-6H3,(H,25,27)/t18-,20+/m1/s1. The molecule has 1 rings (SSSR count). The van der Waals surface area contributed by atoms with E-state index in [2.05, 4.69) is 24.5 Å². The van der Waals surface area contributed by atoms with Gasteiger partial charge < -0.3 is 20.1 Å². The lowest BCUT2D eigenvalue weighted by Gasteiger charge is -2.23. The van der Waals surface area contributed by atoms with Gasteiger partial charge in [0, 0.05) is 12.6 Å². The third-order valence-corrected chi connectivity index (χ3v) is 4.16. The van der Waals surface area contributed by atoms with Crippen molar-refractivity contribution in [2.75, 3.05) is 13.1 Å². The summed E-state index contributed by atoms with van der Waals surface area (Å²) in [6.45, 7) is 13.3. The Bertz CT molecular complexity index is 611. The number of ether oxygens (including phenoxy) is 2. The highest BCUT2D eigenvalue weighted by molar-refractivity contribution is 5.70. The maximum atomic E-state index is 12.3. The minimum atomic E-state index is -0.506. The molecule has 0 aliphatic heterocycles. The highest BCUT2D eigenvalue weighted by Crippen LogP contribution is 2.11. The molecule has 0 aliphatic rings. The molecule has 0 fully saturated rings. The van der Waals surface area contributed by atoms with E-state index in [0.717, 1.165) is 12.0 Å². The SMILES string of the molecule is CC(C)C[C@@H](CC(=O)OCc1ccccc1)NC[C@@H](C)CNC(=O)OC(C)(C)C. The Morgan fingerprint density at radius 1 is 1.03 bits per heavy atom. The smallest absolute Gasteiger partial charge is 0.407 e. The Kier molecular flexibility index (Phi) is 10.7. The Labute approximate surface area is 175 Å². The number of amides is 1. The molecule has 0 heterocycles. The van der Waals surface area contributed by atoms with E-state index in [9.17, 15) is 9.59 Å². The van der Waals surface area contributed by atoms with Gasteiger partial charge in [0.2, 0.25) is 0 Å². The van der Waals surface area contributed by atoms with Gasteiger partial charge in [-0.15, -0.1) is 0 Å². The van der Waals surface area contributed by atoms with Gasteiger partial charge in [-0.05, 0) is 51.1 Å². The van der Waals surface area contributed by atoms with E-state index in [-0.39, 0.29) is 17.9 Å². The molecule has 6 heteroatoms. The van der Waals surface area contributed by atoms with Crippen LogP contribution in [0.1, 0.15) is 59.9 Å². The first-order chi connectivity index (χ1) is 13.5. The fourth-order valence-electron chi connectivity index (χ4n) is 2.82. The van der Waals surface area contributed by atoms with Crippen molar-refractivity contribution in [1.29, 1.82) is 0 Å². The minimum absolute atomic E-state index is 0.0438. The van der Waals surface area contributed by atoms with E-state index in [1.165, 1.54) is 0 Å². The zero-order chi connectivity index (χ0) is 21.9. The van der Waals surface area contributed by atoms with Gasteiger partial charge in [0.1, 0.15) is 12.2 Å². The molecule has 0 bridgehead atoms. The first kappa shape index (κ1) is 25.0. The highest BCUT2D eigenvalue weighted by atomic mass is 16.6. The van der Waals surface area contributed by atoms with Crippen LogP contribution >= 0.6 is 0 Å². The molecule has 29 heavy (non-hydrogen) atoms. The average Bonchev–Trinajstić information content (AvgIpc) is 2.62. The number of carbonyl (C=O) groups is 2. The second-order valence-electron chi connectivity index (χ2n) is 9.07. The van der Waals surface area contributed by atoms with Crippen LogP contribution in [0.3, 0.4) is 0 Å². The summed E-state index contributed by atoms with van der Waals surface area (Å²) in [4.78, 5) is 24.0. The molecular formula is C23H38N2O4. The minimum Gasteiger partial charge on any atom is -0.461 e. The molecule has 1 aromatic rings. The maximum Gasteiger partial charge on any atom is 0.407 e. The Hall–Kier alpha value is -2.08. The monoisotopic (exact) mass is 406 g/mol. The molecule has 2 atom stereocenters. The molecular weight excluding hydrogens is 368 g/mol. The number of rotatable bonds is 11. The third-order valence-electron chi connectivity index (χ3n) is 4.16. The van der Waals surface area contributed by atoms with Crippen molar-refractivity contribution < 1.29 is 19.1 Å². The van der Waals surface area contributed by atoms with Crippen molar-refractivity contribution in [2.24, 2.45) is 11.8 Å². The van der Waals surface area contributed by atoms with Crippen molar-refractivity contribution in [3.63, 3.8) is 0 Å². The Balaban J connectivity index is 2.39. The van der Waals surface area contributed by atoms with Gasteiger partial charge >= 0.3 is 12.1 Å². The largest absolute Gasteiger partial charge is 0.461 e. The van der Waals surface area contributed by atoms with Gasteiger partial charge in [-0.3, -0.25) is 4.79 Å². The molecule has 0 unspecified atom stereocenters. The van der Waals surface area contributed by atoms with Crippen LogP contribution in [0.2, 0.25) is 0 Å². The second kappa shape index (κ2) is 12.5. The predicted octanol–water partition coefficient (Wildman–Crippen LogP) is 4.29. The van der Waals surface area contributed by atoms with Crippen LogP contribution in [0.4, 0.5) is 4.79 Å². The van der Waals surface area contributed by atoms with Gasteiger partial charge in [0.05, 0.1) is 6.42 Å². The highest BCUT2D eigenvalue weighted by Gasteiger charge is 2.19. The molecule has 0 saturated heterocycles. The zero-order valence-corrected chi connectivity index (χ0v) is 18.8. The van der Waals surface area contributed by atoms with Gasteiger partial charge in [-0.1, -0.05) is 51.1 Å². The molecule has 0 radical (unpaired) electrons. The molecule has 0 aliphatic carbocycles. The molecule has 0 aromatic heterocycles. The summed E-state index contributed by atoms with van der Waals surface area (Å²) >= 11 is 0. The normalized spacial score (nSPS) is 13.6. The second-order valence-corrected chi connectivity index (χ2v) is 9.07. The number of hydrogen-bond donors (Lipinski definition) is 2. The summed E-state index contributed by atoms with van der Waals surface area (Å²) < 4.78 is 10.7. The molecule has 1 aromatic carbocycles. The quantitative estimate of drug-likeness (QED) is 0.536. The third kappa shape index (κ3) is 12.9. The van der Waals surface area contributed by atoms with Crippen LogP contribution in [-0.4, -0.2) is 36.8 Å². The summed E-state index contributed by atoms with van der Waals surface area (Å²) in [5.74, 6) is 0.466. The summed E-state index contributed by atoms with van der Waals surface area (Å²) in [6.07, 6.45) is 0.803. The number of hydrogen-bond acceptors (Lipinski definition) is 5. The Morgan fingerprint density at radius 2 is 1.69 bits per heavy atom. The van der Waals surface area contributed by atoms with Crippen LogP contribution in [0.15, 0.2) is 30.3 Å². The summed E-state index contributed by atoms with van der Waals surface area (Å²) in [7, 11) is 0. The van der Waals surface area contributed by atoms with Crippen molar-refractivity contribution in [3.05, 3.63) is 35.9 Å². The maximum absolute atomic E-state index is 12.3. The number of alkyl carbamates (subject to hydrolysis) is 1. The zero-order valence-electron chi connectivity index (χ0n) is 18.8. The Morgan fingerprint density at radius 3 is 2.28 bits per heavy atom. The molecule has 6 nitrogen and oxygen atoms in total. The van der Waals surface area contributed by atoms with E-state index >= 15 is 0 Å². The fourth-order valence-corrected chi connectivity index (χ4v) is 2.82. The van der Waals surface area contributed by atoms with Crippen molar-refractivity contribution in [2.45, 2.75) is 72.6 Å². The molecule has 164 valence electrons. The number of esters is 1. The summed E-state index contributed by atoms with van der Waals surface area (Å²) in [5.41, 5.74) is 0.477. The molecule has 1 amide bonds. The van der Waals surface area contributed by atoms with Crippen LogP contribution < -0.4 is 10.6 Å². The van der Waals surface area contributed by atoms with Crippen LogP contribution in [0.5, 0.6) is 0 Å². The van der Waals surface area contributed by atoms with E-state index in [1.807, 2.05) is 58.0 Å². The van der Waals surface area contributed by atoms with Crippen molar-refractivity contribution in [1.82, 2.24) is 10.6 Å². The van der Waals surface area contributed by atoms with E-state index in [0.29, 0.717) is 32.0 Å². The lowest BCUT2D eigenvalue weighted by molar-refractivity contribution is -0.145. The van der Waals surface area contributed by atoms with Crippen LogP contribution in [0.25, 0.3) is 0 Å².